The molecule has 19 heavy (non-hydrogen) atoms. The van der Waals surface area contributed by atoms with Crippen LogP contribution in [0.4, 0.5) is 5.69 Å². The minimum Gasteiger partial charge on any atom is -0.480 e. The fourth-order valence-corrected chi connectivity index (χ4v) is 2.48. The van der Waals surface area contributed by atoms with Crippen LogP contribution in [-0.4, -0.2) is 34.1 Å². The molecule has 0 bridgehead atoms. The summed E-state index contributed by atoms with van der Waals surface area (Å²) in [6.45, 7) is 2.35. The highest BCUT2D eigenvalue weighted by Crippen LogP contribution is 2.33. The molecule has 6 heteroatoms. The topological polar surface area (TPSA) is 96.5 Å². The average Bonchev–Trinajstić information content (AvgIpc) is 2.39. The number of carboxylic acids is 1. The van der Waals surface area contributed by atoms with Crippen LogP contribution in [-0.2, 0) is 4.79 Å². The summed E-state index contributed by atoms with van der Waals surface area (Å²) in [4.78, 5) is 28.4. The molecule has 102 valence electrons. The van der Waals surface area contributed by atoms with Gasteiger partial charge in [-0.1, -0.05) is 0 Å². The van der Waals surface area contributed by atoms with E-state index in [1.165, 1.54) is 6.20 Å². The van der Waals surface area contributed by atoms with Gasteiger partial charge in [-0.15, -0.1) is 0 Å². The maximum Gasteiger partial charge on any atom is 0.329 e. The zero-order valence-corrected chi connectivity index (χ0v) is 10.8. The summed E-state index contributed by atoms with van der Waals surface area (Å²) < 4.78 is 0. The molecule has 6 nitrogen and oxygen atoms in total. The first-order valence-corrected chi connectivity index (χ1v) is 6.22. The second-order valence-electron chi connectivity index (χ2n) is 4.95. The maximum atomic E-state index is 11.5. The normalized spacial score (nSPS) is 23.1. The van der Waals surface area contributed by atoms with Gasteiger partial charge in [0.25, 0.3) is 5.91 Å². The van der Waals surface area contributed by atoms with E-state index in [9.17, 15) is 14.7 Å². The zero-order valence-electron chi connectivity index (χ0n) is 10.8. The Morgan fingerprint density at radius 2 is 2.21 bits per heavy atom. The number of hydrogen-bond acceptors (Lipinski definition) is 4. The van der Waals surface area contributed by atoms with Crippen molar-refractivity contribution in [3.05, 3.63) is 24.0 Å². The van der Waals surface area contributed by atoms with Gasteiger partial charge in [0, 0.05) is 18.4 Å². The molecule has 2 rings (SSSR count). The fourth-order valence-electron chi connectivity index (χ4n) is 2.48. The predicted molar refractivity (Wildman–Crippen MR) is 70.0 cm³/mol. The van der Waals surface area contributed by atoms with Crippen molar-refractivity contribution in [2.75, 3.05) is 11.4 Å². The number of carbonyl (C=O) groups excluding carboxylic acids is 1. The number of carboxylic acid groups (broad SMARTS) is 1. The number of primary amides is 1. The molecule has 0 radical (unpaired) electrons. The molecule has 0 saturated carbocycles. The standard InChI is InChI=1S/C13H17N3O3/c1-13(12(18)19)5-2-3-7-16(13)9-4-6-15-10(8-9)11(14)17/h4,6,8H,2-3,5,7H2,1H3,(H2,14,17)(H,18,19). The zero-order chi connectivity index (χ0) is 14.0. The summed E-state index contributed by atoms with van der Waals surface area (Å²) in [6, 6.07) is 3.26. The molecule has 1 unspecified atom stereocenters. The van der Waals surface area contributed by atoms with E-state index in [4.69, 9.17) is 5.73 Å². The largest absolute Gasteiger partial charge is 0.480 e. The Morgan fingerprint density at radius 3 is 2.84 bits per heavy atom. The molecule has 3 N–H and O–H groups in total. The predicted octanol–water partition coefficient (Wildman–Crippen LogP) is 1.01. The van der Waals surface area contributed by atoms with Crippen LogP contribution in [0, 0.1) is 0 Å². The summed E-state index contributed by atoms with van der Waals surface area (Å²) in [7, 11) is 0. The molecule has 0 spiro atoms. The highest BCUT2D eigenvalue weighted by Gasteiger charge is 2.41. The fraction of sp³-hybridized carbons (Fsp3) is 0.462. The Kier molecular flexibility index (Phi) is 3.42. The van der Waals surface area contributed by atoms with Crippen LogP contribution in [0.5, 0.6) is 0 Å². The SMILES string of the molecule is CC1(C(=O)O)CCCCN1c1ccnc(C(N)=O)c1. The van der Waals surface area contributed by atoms with Crippen molar-refractivity contribution >= 4 is 17.6 Å². The van der Waals surface area contributed by atoms with Crippen LogP contribution in [0.1, 0.15) is 36.7 Å². The lowest BCUT2D eigenvalue weighted by molar-refractivity contribution is -0.143. The van der Waals surface area contributed by atoms with Crippen LogP contribution < -0.4 is 10.6 Å². The van der Waals surface area contributed by atoms with Gasteiger partial charge in [0.15, 0.2) is 0 Å². The molecule has 0 aromatic carbocycles. The monoisotopic (exact) mass is 263 g/mol. The van der Waals surface area contributed by atoms with Crippen LogP contribution in [0.3, 0.4) is 0 Å². The van der Waals surface area contributed by atoms with Crippen molar-refractivity contribution < 1.29 is 14.7 Å². The van der Waals surface area contributed by atoms with Crippen molar-refractivity contribution in [1.29, 1.82) is 0 Å². The number of nitrogens with two attached hydrogens (primary N) is 1. The van der Waals surface area contributed by atoms with E-state index in [1.54, 1.807) is 19.1 Å². The second kappa shape index (κ2) is 4.87. The van der Waals surface area contributed by atoms with Gasteiger partial charge in [-0.25, -0.2) is 4.79 Å². The Balaban J connectivity index is 2.40. The quantitative estimate of drug-likeness (QED) is 0.848. The number of aliphatic carboxylic acids is 1. The molecule has 1 aromatic rings. The Hall–Kier alpha value is -2.11. The van der Waals surface area contributed by atoms with Crippen molar-refractivity contribution in [3.8, 4) is 0 Å². The van der Waals surface area contributed by atoms with Gasteiger partial charge in [0.1, 0.15) is 11.2 Å². The van der Waals surface area contributed by atoms with Crippen LogP contribution in [0.15, 0.2) is 18.3 Å². The number of carbonyl (C=O) groups is 2. The molecule has 1 fully saturated rings. The minimum atomic E-state index is -0.950. The van der Waals surface area contributed by atoms with Gasteiger partial charge in [-0.2, -0.15) is 0 Å². The van der Waals surface area contributed by atoms with Gasteiger partial charge < -0.3 is 15.7 Å². The molecule has 0 aliphatic carbocycles. The van der Waals surface area contributed by atoms with Gasteiger partial charge >= 0.3 is 5.97 Å². The molecular weight excluding hydrogens is 246 g/mol. The van der Waals surface area contributed by atoms with Crippen molar-refractivity contribution in [2.45, 2.75) is 31.7 Å². The Labute approximate surface area is 111 Å². The minimum absolute atomic E-state index is 0.149. The lowest BCUT2D eigenvalue weighted by Gasteiger charge is -2.43. The molecule has 1 aliphatic rings. The molecule has 1 aliphatic heterocycles. The first-order valence-electron chi connectivity index (χ1n) is 6.22. The van der Waals surface area contributed by atoms with Crippen LogP contribution >= 0.6 is 0 Å². The number of amides is 1. The molecule has 1 atom stereocenters. The molecule has 1 amide bonds. The van der Waals surface area contributed by atoms with Crippen molar-refractivity contribution in [3.63, 3.8) is 0 Å². The summed E-state index contributed by atoms with van der Waals surface area (Å²) in [5.41, 5.74) is 5.08. The third-order valence-electron chi connectivity index (χ3n) is 3.66. The smallest absolute Gasteiger partial charge is 0.329 e. The van der Waals surface area contributed by atoms with Gasteiger partial charge in [-0.3, -0.25) is 9.78 Å². The van der Waals surface area contributed by atoms with E-state index < -0.39 is 17.4 Å². The number of pyridine rings is 1. The number of hydrogen-bond donors (Lipinski definition) is 2. The molecular formula is C13H17N3O3. The van der Waals surface area contributed by atoms with E-state index in [1.807, 2.05) is 4.90 Å². The van der Waals surface area contributed by atoms with Gasteiger partial charge in [0.05, 0.1) is 0 Å². The third kappa shape index (κ3) is 2.38. The average molecular weight is 263 g/mol. The van der Waals surface area contributed by atoms with E-state index in [2.05, 4.69) is 4.98 Å². The van der Waals surface area contributed by atoms with Gasteiger partial charge in [0.2, 0.25) is 0 Å². The van der Waals surface area contributed by atoms with Crippen molar-refractivity contribution in [1.82, 2.24) is 4.98 Å². The number of aromatic nitrogens is 1. The van der Waals surface area contributed by atoms with E-state index >= 15 is 0 Å². The van der Waals surface area contributed by atoms with Gasteiger partial charge in [-0.05, 0) is 38.3 Å². The molecule has 2 heterocycles. The summed E-state index contributed by atoms with van der Waals surface area (Å²) in [5.74, 6) is -1.47. The van der Waals surface area contributed by atoms with Crippen LogP contribution in [0.2, 0.25) is 0 Å². The van der Waals surface area contributed by atoms with E-state index in [0.717, 1.165) is 12.8 Å². The number of anilines is 1. The Morgan fingerprint density at radius 1 is 1.47 bits per heavy atom. The summed E-state index contributed by atoms with van der Waals surface area (Å²) >= 11 is 0. The maximum absolute atomic E-state index is 11.5. The molecule has 1 saturated heterocycles. The lowest BCUT2D eigenvalue weighted by atomic mass is 9.88. The first kappa shape index (κ1) is 13.3. The number of rotatable bonds is 3. The van der Waals surface area contributed by atoms with Crippen LogP contribution in [0.25, 0.3) is 0 Å². The lowest BCUT2D eigenvalue weighted by Crippen LogP contribution is -2.55. The number of nitrogens with zero attached hydrogens (tertiary/aromatic N) is 2. The van der Waals surface area contributed by atoms with E-state index in [0.29, 0.717) is 18.7 Å². The van der Waals surface area contributed by atoms with Crippen molar-refractivity contribution in [2.24, 2.45) is 5.73 Å². The highest BCUT2D eigenvalue weighted by molar-refractivity contribution is 5.92. The number of piperidine rings is 1. The summed E-state index contributed by atoms with van der Waals surface area (Å²) in [6.07, 6.45) is 3.87. The second-order valence-corrected chi connectivity index (χ2v) is 4.95. The molecule has 1 aromatic heterocycles. The summed E-state index contributed by atoms with van der Waals surface area (Å²) in [5, 5.41) is 9.46. The third-order valence-corrected chi connectivity index (χ3v) is 3.66. The first-order chi connectivity index (χ1) is 8.95. The Bertz CT molecular complexity index is 518. The van der Waals surface area contributed by atoms with E-state index in [-0.39, 0.29) is 5.69 Å². The highest BCUT2D eigenvalue weighted by atomic mass is 16.4.